The molecule has 0 saturated carbocycles. The van der Waals surface area contributed by atoms with E-state index in [9.17, 15) is 9.59 Å². The molecular formula is C27H26N2O3. The van der Waals surface area contributed by atoms with Gasteiger partial charge in [0.05, 0.1) is 17.9 Å². The van der Waals surface area contributed by atoms with E-state index in [2.05, 4.69) is 5.32 Å². The summed E-state index contributed by atoms with van der Waals surface area (Å²) in [6, 6.07) is 22.4. The van der Waals surface area contributed by atoms with E-state index in [0.29, 0.717) is 34.9 Å². The number of nitrogens with one attached hydrogen (secondary N) is 1. The van der Waals surface area contributed by atoms with Gasteiger partial charge in [-0.15, -0.1) is 0 Å². The molecule has 162 valence electrons. The van der Waals surface area contributed by atoms with Crippen molar-refractivity contribution in [3.05, 3.63) is 95.2 Å². The zero-order valence-electron chi connectivity index (χ0n) is 18.5. The summed E-state index contributed by atoms with van der Waals surface area (Å²) in [4.78, 5) is 28.3. The van der Waals surface area contributed by atoms with Gasteiger partial charge in [0.15, 0.2) is 0 Å². The molecule has 0 atom stereocenters. The maximum absolute atomic E-state index is 13.5. The Labute approximate surface area is 188 Å². The summed E-state index contributed by atoms with van der Waals surface area (Å²) in [5.41, 5.74) is 4.53. The molecule has 1 heterocycles. The Balaban J connectivity index is 1.78. The van der Waals surface area contributed by atoms with Gasteiger partial charge in [0.25, 0.3) is 11.8 Å². The average molecular weight is 427 g/mol. The van der Waals surface area contributed by atoms with E-state index < -0.39 is 0 Å². The van der Waals surface area contributed by atoms with Gasteiger partial charge in [0, 0.05) is 11.8 Å². The normalized spacial score (nSPS) is 13.7. The SMILES string of the molecule is CCCOc1cccc(NC2=C(c3ccc(C)cc3)C(=O)N(c3ccccc3C)C2=O)c1. The van der Waals surface area contributed by atoms with E-state index in [1.165, 1.54) is 4.90 Å². The van der Waals surface area contributed by atoms with Crippen molar-refractivity contribution in [3.8, 4) is 5.75 Å². The number of para-hydroxylation sites is 1. The zero-order valence-corrected chi connectivity index (χ0v) is 18.5. The van der Waals surface area contributed by atoms with Crippen molar-refractivity contribution in [2.75, 3.05) is 16.8 Å². The highest BCUT2D eigenvalue weighted by Crippen LogP contribution is 2.35. The van der Waals surface area contributed by atoms with Crippen LogP contribution in [0.15, 0.2) is 78.5 Å². The van der Waals surface area contributed by atoms with Crippen LogP contribution in [0.4, 0.5) is 11.4 Å². The third-order valence-electron chi connectivity index (χ3n) is 5.36. The van der Waals surface area contributed by atoms with Crippen LogP contribution in [0.3, 0.4) is 0 Å². The van der Waals surface area contributed by atoms with Crippen LogP contribution in [0.5, 0.6) is 5.75 Å². The molecule has 0 unspecified atom stereocenters. The monoisotopic (exact) mass is 426 g/mol. The third-order valence-corrected chi connectivity index (χ3v) is 5.36. The molecular weight excluding hydrogens is 400 g/mol. The molecule has 0 fully saturated rings. The van der Waals surface area contributed by atoms with Gasteiger partial charge in [-0.1, -0.05) is 61.0 Å². The molecule has 5 heteroatoms. The van der Waals surface area contributed by atoms with Crippen molar-refractivity contribution in [2.24, 2.45) is 0 Å². The maximum atomic E-state index is 13.5. The first-order valence-corrected chi connectivity index (χ1v) is 10.7. The number of hydrogen-bond donors (Lipinski definition) is 1. The number of benzene rings is 3. The number of ether oxygens (including phenoxy) is 1. The second-order valence-corrected chi connectivity index (χ2v) is 7.85. The molecule has 0 aromatic heterocycles. The van der Waals surface area contributed by atoms with E-state index >= 15 is 0 Å². The standard InChI is InChI=1S/C27H26N2O3/c1-4-16-32-22-10-7-9-21(17-22)28-25-24(20-14-12-18(2)13-15-20)26(30)29(27(25)31)23-11-6-5-8-19(23)3/h5-15,17,28H,4,16H2,1-3H3. The van der Waals surface area contributed by atoms with Crippen LogP contribution in [0, 0.1) is 13.8 Å². The van der Waals surface area contributed by atoms with Gasteiger partial charge < -0.3 is 10.1 Å². The molecule has 0 aliphatic carbocycles. The third kappa shape index (κ3) is 4.14. The molecule has 5 nitrogen and oxygen atoms in total. The van der Waals surface area contributed by atoms with Crippen molar-refractivity contribution in [3.63, 3.8) is 0 Å². The van der Waals surface area contributed by atoms with E-state index in [1.807, 2.05) is 87.5 Å². The second kappa shape index (κ2) is 9.10. The summed E-state index contributed by atoms with van der Waals surface area (Å²) in [5, 5.41) is 3.21. The minimum atomic E-state index is -0.375. The van der Waals surface area contributed by atoms with Gasteiger partial charge in [-0.3, -0.25) is 9.59 Å². The van der Waals surface area contributed by atoms with E-state index in [-0.39, 0.29) is 17.5 Å². The predicted molar refractivity (Wildman–Crippen MR) is 128 cm³/mol. The Bertz CT molecular complexity index is 1200. The molecule has 0 spiro atoms. The maximum Gasteiger partial charge on any atom is 0.282 e. The molecule has 2 amide bonds. The van der Waals surface area contributed by atoms with Crippen molar-refractivity contribution in [2.45, 2.75) is 27.2 Å². The molecule has 3 aromatic carbocycles. The topological polar surface area (TPSA) is 58.6 Å². The Morgan fingerprint density at radius 1 is 0.875 bits per heavy atom. The smallest absolute Gasteiger partial charge is 0.282 e. The molecule has 0 saturated heterocycles. The first-order valence-electron chi connectivity index (χ1n) is 10.7. The molecule has 32 heavy (non-hydrogen) atoms. The second-order valence-electron chi connectivity index (χ2n) is 7.85. The van der Waals surface area contributed by atoms with Crippen LogP contribution in [-0.4, -0.2) is 18.4 Å². The summed E-state index contributed by atoms with van der Waals surface area (Å²) in [5.74, 6) is -0.00402. The molecule has 1 aliphatic rings. The van der Waals surface area contributed by atoms with Crippen molar-refractivity contribution >= 4 is 28.8 Å². The minimum Gasteiger partial charge on any atom is -0.494 e. The van der Waals surface area contributed by atoms with Crippen LogP contribution in [0.2, 0.25) is 0 Å². The predicted octanol–water partition coefficient (Wildman–Crippen LogP) is 5.49. The van der Waals surface area contributed by atoms with Crippen molar-refractivity contribution in [1.29, 1.82) is 0 Å². The lowest BCUT2D eigenvalue weighted by Crippen LogP contribution is -2.33. The fourth-order valence-electron chi connectivity index (χ4n) is 3.69. The number of nitrogens with zero attached hydrogens (tertiary/aromatic N) is 1. The van der Waals surface area contributed by atoms with Crippen molar-refractivity contribution in [1.82, 2.24) is 0 Å². The van der Waals surface area contributed by atoms with Crippen LogP contribution < -0.4 is 15.0 Å². The number of hydrogen-bond acceptors (Lipinski definition) is 4. The quantitative estimate of drug-likeness (QED) is 0.508. The Hall–Kier alpha value is -3.86. The van der Waals surface area contributed by atoms with Gasteiger partial charge in [-0.25, -0.2) is 4.90 Å². The van der Waals surface area contributed by atoms with Crippen LogP contribution in [0.1, 0.15) is 30.0 Å². The summed E-state index contributed by atoms with van der Waals surface area (Å²) in [6.45, 7) is 6.53. The lowest BCUT2D eigenvalue weighted by molar-refractivity contribution is -0.120. The summed E-state index contributed by atoms with van der Waals surface area (Å²) in [6.07, 6.45) is 0.902. The van der Waals surface area contributed by atoms with E-state index in [0.717, 1.165) is 17.5 Å². The van der Waals surface area contributed by atoms with Gasteiger partial charge in [-0.05, 0) is 49.6 Å². The number of carbonyl (C=O) groups is 2. The number of anilines is 2. The largest absolute Gasteiger partial charge is 0.494 e. The van der Waals surface area contributed by atoms with Gasteiger partial charge >= 0.3 is 0 Å². The molecule has 1 N–H and O–H groups in total. The molecule has 1 aliphatic heterocycles. The highest BCUT2D eigenvalue weighted by Gasteiger charge is 2.40. The number of amides is 2. The Morgan fingerprint density at radius 2 is 1.62 bits per heavy atom. The molecule has 4 rings (SSSR count). The average Bonchev–Trinajstić information content (AvgIpc) is 3.03. The van der Waals surface area contributed by atoms with Gasteiger partial charge in [0.1, 0.15) is 11.4 Å². The number of carbonyl (C=O) groups excluding carboxylic acids is 2. The van der Waals surface area contributed by atoms with E-state index in [1.54, 1.807) is 6.07 Å². The first-order chi connectivity index (χ1) is 15.5. The minimum absolute atomic E-state index is 0.259. The van der Waals surface area contributed by atoms with Gasteiger partial charge in [-0.2, -0.15) is 0 Å². The van der Waals surface area contributed by atoms with Gasteiger partial charge in [0.2, 0.25) is 0 Å². The molecule has 0 radical (unpaired) electrons. The first kappa shape index (κ1) is 21.4. The Morgan fingerprint density at radius 3 is 2.34 bits per heavy atom. The highest BCUT2D eigenvalue weighted by molar-refractivity contribution is 6.46. The van der Waals surface area contributed by atoms with Crippen molar-refractivity contribution < 1.29 is 14.3 Å². The lowest BCUT2D eigenvalue weighted by atomic mass is 10.0. The number of aryl methyl sites for hydroxylation is 2. The fraction of sp³-hybridized carbons (Fsp3) is 0.185. The lowest BCUT2D eigenvalue weighted by Gasteiger charge is -2.17. The van der Waals surface area contributed by atoms with E-state index in [4.69, 9.17) is 4.74 Å². The van der Waals surface area contributed by atoms with Crippen LogP contribution in [0.25, 0.3) is 5.57 Å². The highest BCUT2D eigenvalue weighted by atomic mass is 16.5. The number of rotatable bonds is 7. The summed E-state index contributed by atoms with van der Waals surface area (Å²) in [7, 11) is 0. The van der Waals surface area contributed by atoms with Crippen LogP contribution in [-0.2, 0) is 9.59 Å². The number of imide groups is 1. The molecule has 0 bridgehead atoms. The molecule has 3 aromatic rings. The fourth-order valence-corrected chi connectivity index (χ4v) is 3.69. The summed E-state index contributed by atoms with van der Waals surface area (Å²) >= 11 is 0. The summed E-state index contributed by atoms with van der Waals surface area (Å²) < 4.78 is 5.72. The zero-order chi connectivity index (χ0) is 22.7. The Kier molecular flexibility index (Phi) is 6.08. The van der Waals surface area contributed by atoms with Crippen LogP contribution >= 0.6 is 0 Å².